The van der Waals surface area contributed by atoms with Crippen molar-refractivity contribution in [3.05, 3.63) is 11.7 Å². The van der Waals surface area contributed by atoms with E-state index < -0.39 is 0 Å². The second-order valence-corrected chi connectivity index (χ2v) is 6.60. The number of hydrogen-bond acceptors (Lipinski definition) is 5. The van der Waals surface area contributed by atoms with Crippen LogP contribution in [0.5, 0.6) is 0 Å². The van der Waals surface area contributed by atoms with Crippen LogP contribution in [0.3, 0.4) is 0 Å². The molecule has 2 heterocycles. The molecule has 0 bridgehead atoms. The zero-order valence-corrected chi connectivity index (χ0v) is 13.3. The molecule has 1 amide bonds. The zero-order valence-electron chi connectivity index (χ0n) is 13.3. The van der Waals surface area contributed by atoms with Crippen LogP contribution in [0.1, 0.15) is 75.5 Å². The molecule has 1 aliphatic heterocycles. The van der Waals surface area contributed by atoms with E-state index in [2.05, 4.69) is 20.8 Å². The Hall–Kier alpha value is -1.43. The summed E-state index contributed by atoms with van der Waals surface area (Å²) in [6.07, 6.45) is 8.09. The minimum Gasteiger partial charge on any atom is -0.344 e. The second-order valence-electron chi connectivity index (χ2n) is 6.60. The zero-order chi connectivity index (χ0) is 15.4. The number of hydrogen-bond donors (Lipinski definition) is 2. The van der Waals surface area contributed by atoms with Crippen molar-refractivity contribution in [2.24, 2.45) is 5.92 Å². The Morgan fingerprint density at radius 3 is 2.82 bits per heavy atom. The summed E-state index contributed by atoms with van der Waals surface area (Å²) in [6.45, 7) is 3.68. The van der Waals surface area contributed by atoms with Crippen molar-refractivity contribution in [2.45, 2.75) is 63.8 Å². The molecule has 2 aliphatic rings. The quantitative estimate of drug-likeness (QED) is 0.892. The average Bonchev–Trinajstić information content (AvgIpc) is 3.06. The lowest BCUT2D eigenvalue weighted by atomic mass is 9.89. The first-order valence-electron chi connectivity index (χ1n) is 8.58. The molecule has 1 saturated carbocycles. The maximum atomic E-state index is 12.2. The Morgan fingerprint density at radius 1 is 1.27 bits per heavy atom. The van der Waals surface area contributed by atoms with Crippen LogP contribution in [0, 0.1) is 5.92 Å². The summed E-state index contributed by atoms with van der Waals surface area (Å²) in [6, 6.07) is -0.223. The third kappa shape index (κ3) is 3.66. The molecule has 122 valence electrons. The maximum Gasteiger partial charge on any atom is 0.248 e. The molecule has 1 aliphatic carbocycles. The third-order valence-corrected chi connectivity index (χ3v) is 4.82. The molecule has 2 atom stereocenters. The number of aromatic nitrogens is 2. The first-order chi connectivity index (χ1) is 10.7. The van der Waals surface area contributed by atoms with Gasteiger partial charge in [0.2, 0.25) is 11.8 Å². The molecule has 22 heavy (non-hydrogen) atoms. The van der Waals surface area contributed by atoms with Gasteiger partial charge in [-0.05, 0) is 39.2 Å². The number of nitrogens with zero attached hydrogens (tertiary/aromatic N) is 2. The highest BCUT2D eigenvalue weighted by Crippen LogP contribution is 2.31. The SMILES string of the molecule is CC(NC(=O)C1CCCNC1)c1nc(C2CCCCC2)no1. The van der Waals surface area contributed by atoms with E-state index in [-0.39, 0.29) is 17.9 Å². The van der Waals surface area contributed by atoms with Crippen LogP contribution in [0.2, 0.25) is 0 Å². The average molecular weight is 306 g/mol. The van der Waals surface area contributed by atoms with E-state index in [1.54, 1.807) is 0 Å². The van der Waals surface area contributed by atoms with Gasteiger partial charge in [-0.2, -0.15) is 4.98 Å². The highest BCUT2D eigenvalue weighted by Gasteiger charge is 2.26. The molecule has 1 aromatic heterocycles. The summed E-state index contributed by atoms with van der Waals surface area (Å²) >= 11 is 0. The molecule has 3 rings (SSSR count). The molecule has 2 fully saturated rings. The van der Waals surface area contributed by atoms with E-state index in [4.69, 9.17) is 4.52 Å². The lowest BCUT2D eigenvalue weighted by molar-refractivity contribution is -0.126. The van der Waals surface area contributed by atoms with Crippen LogP contribution in [-0.2, 0) is 4.79 Å². The van der Waals surface area contributed by atoms with Gasteiger partial charge in [0.25, 0.3) is 0 Å². The Labute approximate surface area is 131 Å². The highest BCUT2D eigenvalue weighted by atomic mass is 16.5. The number of rotatable bonds is 4. The predicted molar refractivity (Wildman–Crippen MR) is 82.3 cm³/mol. The number of carbonyl (C=O) groups is 1. The Kier molecular flexibility index (Phi) is 5.08. The van der Waals surface area contributed by atoms with E-state index in [0.29, 0.717) is 11.8 Å². The first-order valence-corrected chi connectivity index (χ1v) is 8.58. The molecule has 6 heteroatoms. The fraction of sp³-hybridized carbons (Fsp3) is 0.812. The van der Waals surface area contributed by atoms with E-state index in [9.17, 15) is 4.79 Å². The Balaban J connectivity index is 1.56. The van der Waals surface area contributed by atoms with Gasteiger partial charge < -0.3 is 15.2 Å². The van der Waals surface area contributed by atoms with Gasteiger partial charge in [-0.3, -0.25) is 4.79 Å². The van der Waals surface area contributed by atoms with Crippen LogP contribution in [0.25, 0.3) is 0 Å². The summed E-state index contributed by atoms with van der Waals surface area (Å²) < 4.78 is 5.38. The van der Waals surface area contributed by atoms with Gasteiger partial charge in [-0.25, -0.2) is 0 Å². The lowest BCUT2D eigenvalue weighted by Crippen LogP contribution is -2.41. The van der Waals surface area contributed by atoms with Gasteiger partial charge in [0.1, 0.15) is 6.04 Å². The van der Waals surface area contributed by atoms with Crippen molar-refractivity contribution in [1.29, 1.82) is 0 Å². The van der Waals surface area contributed by atoms with E-state index in [0.717, 1.165) is 44.6 Å². The Bertz CT molecular complexity index is 490. The summed E-state index contributed by atoms with van der Waals surface area (Å²) in [7, 11) is 0. The number of nitrogens with one attached hydrogen (secondary N) is 2. The van der Waals surface area contributed by atoms with Crippen molar-refractivity contribution >= 4 is 5.91 Å². The number of amides is 1. The van der Waals surface area contributed by atoms with Crippen molar-refractivity contribution in [3.8, 4) is 0 Å². The normalized spacial score (nSPS) is 24.9. The molecule has 0 spiro atoms. The summed E-state index contributed by atoms with van der Waals surface area (Å²) in [5, 5.41) is 10.4. The highest BCUT2D eigenvalue weighted by molar-refractivity contribution is 5.79. The van der Waals surface area contributed by atoms with Crippen LogP contribution < -0.4 is 10.6 Å². The van der Waals surface area contributed by atoms with Crippen LogP contribution >= 0.6 is 0 Å². The molecule has 1 aromatic rings. The molecule has 6 nitrogen and oxygen atoms in total. The van der Waals surface area contributed by atoms with Gasteiger partial charge in [0, 0.05) is 12.5 Å². The van der Waals surface area contributed by atoms with Gasteiger partial charge in [0.05, 0.1) is 5.92 Å². The van der Waals surface area contributed by atoms with Crippen LogP contribution in [0.15, 0.2) is 4.52 Å². The van der Waals surface area contributed by atoms with Gasteiger partial charge in [0.15, 0.2) is 5.82 Å². The fourth-order valence-corrected chi connectivity index (χ4v) is 3.42. The monoisotopic (exact) mass is 306 g/mol. The molecular weight excluding hydrogens is 280 g/mol. The second kappa shape index (κ2) is 7.22. The topological polar surface area (TPSA) is 80.0 Å². The molecule has 2 unspecified atom stereocenters. The maximum absolute atomic E-state index is 12.2. The van der Waals surface area contributed by atoms with Crippen LogP contribution in [0.4, 0.5) is 0 Å². The van der Waals surface area contributed by atoms with Crippen molar-refractivity contribution < 1.29 is 9.32 Å². The summed E-state index contributed by atoms with van der Waals surface area (Å²) in [4.78, 5) is 16.8. The minimum atomic E-state index is -0.223. The molecule has 0 radical (unpaired) electrons. The van der Waals surface area contributed by atoms with Crippen molar-refractivity contribution in [3.63, 3.8) is 0 Å². The molecule has 1 saturated heterocycles. The third-order valence-electron chi connectivity index (χ3n) is 4.82. The van der Waals surface area contributed by atoms with E-state index in [1.807, 2.05) is 6.92 Å². The van der Waals surface area contributed by atoms with Gasteiger partial charge >= 0.3 is 0 Å². The largest absolute Gasteiger partial charge is 0.344 e. The Morgan fingerprint density at radius 2 is 2.09 bits per heavy atom. The van der Waals surface area contributed by atoms with Crippen molar-refractivity contribution in [2.75, 3.05) is 13.1 Å². The summed E-state index contributed by atoms with van der Waals surface area (Å²) in [5.41, 5.74) is 0. The van der Waals surface area contributed by atoms with Gasteiger partial charge in [-0.15, -0.1) is 0 Å². The molecule has 0 aromatic carbocycles. The summed E-state index contributed by atoms with van der Waals surface area (Å²) in [5.74, 6) is 1.90. The molecule has 2 N–H and O–H groups in total. The fourth-order valence-electron chi connectivity index (χ4n) is 3.42. The van der Waals surface area contributed by atoms with E-state index >= 15 is 0 Å². The molecular formula is C16H26N4O2. The van der Waals surface area contributed by atoms with E-state index in [1.165, 1.54) is 19.3 Å². The van der Waals surface area contributed by atoms with Gasteiger partial charge in [-0.1, -0.05) is 24.4 Å². The minimum absolute atomic E-state index is 0.0527. The smallest absolute Gasteiger partial charge is 0.248 e. The first kappa shape index (κ1) is 15.5. The predicted octanol–water partition coefficient (Wildman–Crippen LogP) is 2.29. The lowest BCUT2D eigenvalue weighted by Gasteiger charge is -2.23. The number of carbonyl (C=O) groups excluding carboxylic acids is 1. The number of piperidine rings is 1. The van der Waals surface area contributed by atoms with Crippen molar-refractivity contribution in [1.82, 2.24) is 20.8 Å². The van der Waals surface area contributed by atoms with Crippen LogP contribution in [-0.4, -0.2) is 29.1 Å². The standard InChI is InChI=1S/C16H26N4O2/c1-11(18-15(21)13-8-5-9-17-10-13)16-19-14(20-22-16)12-6-3-2-4-7-12/h11-13,17H,2-10H2,1H3,(H,18,21).